The van der Waals surface area contributed by atoms with Gasteiger partial charge in [-0.2, -0.15) is 0 Å². The van der Waals surface area contributed by atoms with E-state index in [0.29, 0.717) is 71.6 Å². The largest absolute Gasteiger partial charge is 0.508 e. The molecule has 0 spiro atoms. The van der Waals surface area contributed by atoms with Crippen molar-refractivity contribution in [2.24, 2.45) is 16.2 Å². The first kappa shape index (κ1) is 143. The van der Waals surface area contributed by atoms with E-state index in [-0.39, 0.29) is 165 Å². The Morgan fingerprint density at radius 2 is 0.697 bits per heavy atom. The van der Waals surface area contributed by atoms with Crippen molar-refractivity contribution in [1.29, 1.82) is 0 Å². The minimum absolute atomic E-state index is 0. The van der Waals surface area contributed by atoms with Crippen LogP contribution >= 0.6 is 0 Å². The van der Waals surface area contributed by atoms with Crippen LogP contribution in [0.4, 0.5) is 10.5 Å². The number of phenolic OH excluding ortho intramolecular Hbond substituents is 7. The number of hydrogen-bond acceptors (Lipinski definition) is 20. The van der Waals surface area contributed by atoms with Crippen molar-refractivity contribution >= 4 is 41.6 Å². The summed E-state index contributed by atoms with van der Waals surface area (Å²) in [7, 11) is 0. The zero-order valence-corrected chi connectivity index (χ0v) is 66.1. The maximum Gasteiger partial charge on any atom is 0.344 e. The molecule has 122 heavy (non-hydrogen) atoms. The number of anilines is 1. The maximum absolute atomic E-state index is 11.7. The average Bonchev–Trinajstić information content (AvgIpc) is 0.869. The second kappa shape index (κ2) is 75.6. The molecule has 22 heteroatoms. The van der Waals surface area contributed by atoms with Crippen LogP contribution in [-0.2, 0) is 38.1 Å². The number of carbonyl (C=O) groups is 6. The van der Waals surface area contributed by atoms with E-state index in [4.69, 9.17) is 39.0 Å². The highest BCUT2D eigenvalue weighted by Gasteiger charge is 2.30. The highest BCUT2D eigenvalue weighted by Crippen LogP contribution is 2.29. The molecule has 0 bridgehead atoms. The molecule has 6 atom stereocenters. The third-order valence-corrected chi connectivity index (χ3v) is 18.0. The second-order valence-electron chi connectivity index (χ2n) is 27.7. The second-order valence-corrected chi connectivity index (χ2v) is 27.7. The van der Waals surface area contributed by atoms with E-state index in [1.54, 1.807) is 100 Å². The van der Waals surface area contributed by atoms with E-state index in [1.807, 2.05) is 95.3 Å². The van der Waals surface area contributed by atoms with Crippen LogP contribution in [0.25, 0.3) is 0 Å². The number of hydrogen-bond donors (Lipinski definition) is 11. The zero-order chi connectivity index (χ0) is 81.7. The quantitative estimate of drug-likeness (QED) is 0.00986. The van der Waals surface area contributed by atoms with Crippen LogP contribution in [0, 0.1) is 16.2 Å². The summed E-state index contributed by atoms with van der Waals surface area (Å²) in [5.74, 6) is 0.455. The number of nitrogens with one attached hydrogen (secondary N) is 2. The van der Waals surface area contributed by atoms with E-state index in [1.165, 1.54) is 53.1 Å². The fraction of sp³-hybridized carbons (Fsp3) is 0.520. The van der Waals surface area contributed by atoms with Gasteiger partial charge < -0.3 is 80.3 Å². The van der Waals surface area contributed by atoms with E-state index in [9.17, 15) is 59.4 Å². The molecular weight excluding hydrogens is 1550 g/mol. The lowest BCUT2D eigenvalue weighted by Crippen LogP contribution is -2.34. The fourth-order valence-electron chi connectivity index (χ4n) is 8.48. The van der Waals surface area contributed by atoms with E-state index in [0.717, 1.165) is 31.2 Å². The normalized spacial score (nSPS) is 10.9. The van der Waals surface area contributed by atoms with Crippen molar-refractivity contribution in [2.45, 2.75) is 303 Å². The molecule has 0 fully saturated rings. The predicted octanol–water partition coefficient (Wildman–Crippen LogP) is 26.8. The summed E-state index contributed by atoms with van der Waals surface area (Å²) in [6.07, 6.45) is 3.65. The van der Waals surface area contributed by atoms with Crippen LogP contribution < -0.4 is 10.6 Å². The molecule has 0 heterocycles. The van der Waals surface area contributed by atoms with Gasteiger partial charge in [0.1, 0.15) is 77.3 Å². The molecule has 22 nitrogen and oxygen atoms in total. The maximum atomic E-state index is 11.7. The Morgan fingerprint density at radius 1 is 0.352 bits per heavy atom. The van der Waals surface area contributed by atoms with Crippen molar-refractivity contribution in [3.8, 4) is 40.2 Å². The molecule has 0 saturated heterocycles. The summed E-state index contributed by atoms with van der Waals surface area (Å²) in [5, 5.41) is 89.2. The number of ether oxygens (including phenoxy) is 5. The molecule has 6 unspecified atom stereocenters. The smallest absolute Gasteiger partial charge is 0.344 e. The monoisotopic (exact) mass is 1730 g/mol. The Bertz CT molecular complexity index is 3710. The first-order chi connectivity index (χ1) is 50.9. The van der Waals surface area contributed by atoms with Crippen molar-refractivity contribution in [1.82, 2.24) is 5.32 Å². The summed E-state index contributed by atoms with van der Waals surface area (Å²) >= 11 is 0. The predicted molar refractivity (Wildman–Crippen MR) is 516 cm³/mol. The van der Waals surface area contributed by atoms with E-state index in [2.05, 4.69) is 66.0 Å². The minimum atomic E-state index is -1.59. The lowest BCUT2D eigenvalue weighted by molar-refractivity contribution is -0.167. The van der Waals surface area contributed by atoms with Crippen molar-refractivity contribution in [3.63, 3.8) is 0 Å². The minimum Gasteiger partial charge on any atom is -0.508 e. The molecule has 0 aromatic heterocycles. The molecule has 11 N–H and O–H groups in total. The number of aliphatic hydroxyl groups is 2. The van der Waals surface area contributed by atoms with Gasteiger partial charge in [0.2, 0.25) is 6.29 Å². The molecule has 7 aromatic carbocycles. The molecule has 0 aliphatic rings. The van der Waals surface area contributed by atoms with Gasteiger partial charge in [0, 0.05) is 11.8 Å². The van der Waals surface area contributed by atoms with Gasteiger partial charge in [-0.15, -0.1) is 0 Å². The number of para-hydroxylation sites is 3. The zero-order valence-electron chi connectivity index (χ0n) is 66.1. The van der Waals surface area contributed by atoms with Crippen LogP contribution in [0.15, 0.2) is 170 Å². The lowest BCUT2D eigenvalue weighted by atomic mass is 9.91. The first-order valence-corrected chi connectivity index (χ1v) is 36.7. The Morgan fingerprint density at radius 3 is 1.07 bits per heavy atom. The molecule has 0 radical (unpaired) electrons. The molecule has 2 amide bonds. The number of urea groups is 1. The van der Waals surface area contributed by atoms with Crippen LogP contribution in [0.1, 0.15) is 333 Å². The Labute approximate surface area is 742 Å². The number of esters is 5. The molecular formula is C100H176N2O20. The average molecular weight is 1730 g/mol. The molecule has 7 rings (SSSR count). The number of amides is 2. The highest BCUT2D eigenvalue weighted by molar-refractivity contribution is 5.93. The van der Waals surface area contributed by atoms with Gasteiger partial charge in [0.15, 0.2) is 6.61 Å². The van der Waals surface area contributed by atoms with E-state index >= 15 is 0 Å². The Balaban J connectivity index is -0.0000000929. The number of rotatable bonds is 27. The number of aliphatic hydroxyl groups excluding tert-OH is 2. The summed E-state index contributed by atoms with van der Waals surface area (Å²) in [6.45, 7) is 32.8. The topological polar surface area (TPSA) is 355 Å². The number of phenols is 7. The lowest BCUT2D eigenvalue weighted by Gasteiger charge is -2.21. The van der Waals surface area contributed by atoms with Gasteiger partial charge in [-0.1, -0.05) is 265 Å². The van der Waals surface area contributed by atoms with Gasteiger partial charge in [-0.05, 0) is 211 Å². The third-order valence-electron chi connectivity index (χ3n) is 18.0. The van der Waals surface area contributed by atoms with Crippen molar-refractivity contribution < 1.29 is 98.4 Å². The van der Waals surface area contributed by atoms with Gasteiger partial charge in [0.25, 0.3) is 0 Å². The summed E-state index contributed by atoms with van der Waals surface area (Å²) in [5.41, 5.74) is 3.49. The number of benzene rings is 7. The Hall–Kier alpha value is -10.3. The summed E-state index contributed by atoms with van der Waals surface area (Å²) in [4.78, 5) is 70.1. The fourth-order valence-corrected chi connectivity index (χ4v) is 8.48. The Kier molecular flexibility index (Phi) is 88.9. The summed E-state index contributed by atoms with van der Waals surface area (Å²) < 4.78 is 24.6. The molecule has 706 valence electrons. The van der Waals surface area contributed by atoms with Crippen molar-refractivity contribution in [3.05, 3.63) is 203 Å². The summed E-state index contributed by atoms with van der Waals surface area (Å²) in [6, 6.07) is 47.4. The van der Waals surface area contributed by atoms with Crippen LogP contribution in [0.5, 0.6) is 40.2 Å². The highest BCUT2D eigenvalue weighted by atomic mass is 16.7. The molecule has 0 aliphatic carbocycles. The number of aromatic hydroxyl groups is 7. The van der Waals surface area contributed by atoms with Crippen molar-refractivity contribution in [2.75, 3.05) is 38.3 Å². The van der Waals surface area contributed by atoms with Gasteiger partial charge in [0.05, 0.1) is 22.8 Å². The standard InChI is InChI=1S/C16H22O6.C15H22N2O4.C15H20O6.4C10H14O.14CH4/c1-4-16(2,3)15(20)22-10-11(17)9-21-14(19)12-7-5-6-8-13(12)18;1-4-15(2,3)13(19)21-9-8-16-14(20)17-11-6-5-7-12(18)10-11;1-4-15(2,3)14(19)20-9-12(17)21-13(18)10-7-5-6-8-11(10)16;2*1-3-8(2)9-4-6-10(11)7-5-9;1-3-8(2)9-5-4-6-10(11)7-9;1-3-8(2)9-6-4-5-7-10(9)11;;;;;;;;;;;;;;/h5-8,11,17-18H,4,9-10H2,1-3H3;5-7,10,18H,4,8-9H2,1-3H3,(H2,16,17,20);5-8,12,16-17H,4,9H2,1-3H3;4*4-8,11H,3H2,1-2H3;14*1H4. The van der Waals surface area contributed by atoms with Crippen LogP contribution in [-0.4, -0.2) is 127 Å². The molecule has 7 aromatic rings. The van der Waals surface area contributed by atoms with Crippen LogP contribution in [0.3, 0.4) is 0 Å². The van der Waals surface area contributed by atoms with E-state index < -0.39 is 65.2 Å². The first-order valence-electron chi connectivity index (χ1n) is 36.7. The van der Waals surface area contributed by atoms with Crippen LogP contribution in [0.2, 0.25) is 0 Å². The molecule has 0 saturated carbocycles. The van der Waals surface area contributed by atoms with Gasteiger partial charge >= 0.3 is 35.9 Å². The SMILES string of the molecule is C.C.C.C.C.C.C.C.C.C.C.C.C.C.CCC(C)(C)C(=O)OCC(O)COC(=O)c1ccccc1O.CCC(C)(C)C(=O)OCC(O)OC(=O)c1ccccc1O.CCC(C)(C)C(=O)OCCNC(=O)Nc1cccc(O)c1.CCC(C)c1ccc(O)cc1.CCC(C)c1ccc(O)cc1.CCC(C)c1cccc(O)c1.CCC(C)c1ccccc1O. The van der Waals surface area contributed by atoms with Gasteiger partial charge in [-0.3, -0.25) is 14.4 Å². The third kappa shape index (κ3) is 56.3. The van der Waals surface area contributed by atoms with Gasteiger partial charge in [-0.25, -0.2) is 14.4 Å². The molecule has 0 aliphatic heterocycles. The number of carbonyl (C=O) groups excluding carboxylic acids is 6.